The largest absolute Gasteiger partial charge is 0.452 e. The molecule has 1 amide bonds. The maximum Gasteiger partial charge on any atom is 0.452 e. The minimum atomic E-state index is -4.88. The third kappa shape index (κ3) is 4.85. The molecule has 3 N–H and O–H groups in total. The van der Waals surface area contributed by atoms with Gasteiger partial charge in [-0.25, -0.2) is 9.97 Å². The normalized spacial score (nSPS) is 18.7. The summed E-state index contributed by atoms with van der Waals surface area (Å²) in [4.78, 5) is 20.5. The summed E-state index contributed by atoms with van der Waals surface area (Å²) >= 11 is 0. The van der Waals surface area contributed by atoms with Crippen LogP contribution in [0.3, 0.4) is 0 Å². The van der Waals surface area contributed by atoms with E-state index in [1.54, 1.807) is 24.3 Å². The first-order valence-corrected chi connectivity index (χ1v) is 9.65. The highest BCUT2D eigenvalue weighted by molar-refractivity contribution is 6.04. The number of oxazole rings is 1. The molecule has 1 saturated carbocycles. The summed E-state index contributed by atoms with van der Waals surface area (Å²) in [5.41, 5.74) is -0.325. The molecule has 1 unspecified atom stereocenters. The first kappa shape index (κ1) is 20.9. The fourth-order valence-electron chi connectivity index (χ4n) is 3.41. The molecule has 1 aliphatic rings. The number of pyridine rings is 1. The summed E-state index contributed by atoms with van der Waals surface area (Å²) in [5, 5.41) is 15.1. The summed E-state index contributed by atoms with van der Waals surface area (Å²) in [6.07, 6.45) is -1.73. The zero-order chi connectivity index (χ0) is 22.0. The number of halogens is 3. The van der Waals surface area contributed by atoms with Crippen molar-refractivity contribution in [1.29, 1.82) is 0 Å². The molecule has 1 aromatic carbocycles. The van der Waals surface area contributed by atoms with E-state index in [9.17, 15) is 23.1 Å². The van der Waals surface area contributed by atoms with Crippen LogP contribution in [0, 0.1) is 0 Å². The molecule has 0 bridgehead atoms. The monoisotopic (exact) mass is 432 g/mol. The van der Waals surface area contributed by atoms with E-state index in [4.69, 9.17) is 4.42 Å². The van der Waals surface area contributed by atoms with Gasteiger partial charge in [-0.1, -0.05) is 18.2 Å². The summed E-state index contributed by atoms with van der Waals surface area (Å²) < 4.78 is 45.1. The molecule has 0 saturated heterocycles. The maximum atomic E-state index is 13.4. The van der Waals surface area contributed by atoms with Crippen molar-refractivity contribution in [2.45, 2.75) is 37.6 Å². The number of anilines is 2. The highest BCUT2D eigenvalue weighted by atomic mass is 19.4. The third-order valence-corrected chi connectivity index (χ3v) is 4.90. The summed E-state index contributed by atoms with van der Waals surface area (Å²) in [6, 6.07) is 11.2. The van der Waals surface area contributed by atoms with Crippen LogP contribution in [0.15, 0.2) is 53.1 Å². The van der Waals surface area contributed by atoms with E-state index in [1.807, 2.05) is 0 Å². The van der Waals surface area contributed by atoms with Gasteiger partial charge in [0, 0.05) is 11.6 Å². The number of nitrogens with one attached hydrogen (secondary N) is 2. The van der Waals surface area contributed by atoms with Gasteiger partial charge in [0.25, 0.3) is 5.91 Å². The van der Waals surface area contributed by atoms with Crippen LogP contribution in [0.1, 0.15) is 35.5 Å². The van der Waals surface area contributed by atoms with E-state index in [1.165, 1.54) is 24.4 Å². The molecular formula is C21H19F3N4O3. The third-order valence-electron chi connectivity index (χ3n) is 4.90. The molecule has 2 aromatic heterocycles. The number of carbonyl (C=O) groups is 1. The van der Waals surface area contributed by atoms with Gasteiger partial charge in [-0.2, -0.15) is 13.2 Å². The Morgan fingerprint density at radius 3 is 2.52 bits per heavy atom. The highest BCUT2D eigenvalue weighted by Crippen LogP contribution is 2.35. The summed E-state index contributed by atoms with van der Waals surface area (Å²) in [7, 11) is 0. The Labute approximate surface area is 175 Å². The molecule has 0 aliphatic heterocycles. The molecule has 1 aliphatic carbocycles. The van der Waals surface area contributed by atoms with Crippen molar-refractivity contribution in [3.8, 4) is 11.5 Å². The number of aromatic nitrogens is 2. The topological polar surface area (TPSA) is 100 Å². The van der Waals surface area contributed by atoms with E-state index in [0.29, 0.717) is 17.8 Å². The molecule has 0 spiro atoms. The maximum absolute atomic E-state index is 13.4. The lowest BCUT2D eigenvalue weighted by Gasteiger charge is -2.13. The van der Waals surface area contributed by atoms with Gasteiger partial charge in [0.15, 0.2) is 5.69 Å². The molecule has 1 fully saturated rings. The van der Waals surface area contributed by atoms with Crippen molar-refractivity contribution in [2.24, 2.45) is 0 Å². The van der Waals surface area contributed by atoms with Crippen molar-refractivity contribution < 1.29 is 27.5 Å². The molecule has 0 radical (unpaired) electrons. The van der Waals surface area contributed by atoms with Crippen LogP contribution in [0.5, 0.6) is 0 Å². The van der Waals surface area contributed by atoms with Crippen molar-refractivity contribution in [3.63, 3.8) is 0 Å². The Kier molecular flexibility index (Phi) is 5.64. The fraction of sp³-hybridized carbons (Fsp3) is 0.286. The number of rotatable bonds is 5. The van der Waals surface area contributed by atoms with Crippen LogP contribution in [-0.2, 0) is 6.18 Å². The second-order valence-corrected chi connectivity index (χ2v) is 7.25. The van der Waals surface area contributed by atoms with Crippen LogP contribution >= 0.6 is 0 Å². The predicted molar refractivity (Wildman–Crippen MR) is 106 cm³/mol. The number of amides is 1. The van der Waals surface area contributed by atoms with Crippen LogP contribution in [0.4, 0.5) is 24.7 Å². The molecule has 2 heterocycles. The first-order chi connectivity index (χ1) is 14.8. The molecular weight excluding hydrogens is 413 g/mol. The number of hydrogen-bond donors (Lipinski definition) is 3. The SMILES string of the molecule is O=C(Nc1ccc(NC2CC[C@@H](O)C2)nc1)c1nc(-c2ccccc2)oc1C(F)(F)F. The lowest BCUT2D eigenvalue weighted by Crippen LogP contribution is -2.19. The number of benzene rings is 1. The van der Waals surface area contributed by atoms with Gasteiger partial charge in [0.2, 0.25) is 11.7 Å². The number of nitrogens with zero attached hydrogens (tertiary/aromatic N) is 2. The zero-order valence-electron chi connectivity index (χ0n) is 16.2. The molecule has 3 aromatic rings. The average molecular weight is 432 g/mol. The van der Waals surface area contributed by atoms with Crippen molar-refractivity contribution in [1.82, 2.24) is 9.97 Å². The number of hydrogen-bond acceptors (Lipinski definition) is 6. The van der Waals surface area contributed by atoms with Gasteiger partial charge in [-0.15, -0.1) is 0 Å². The lowest BCUT2D eigenvalue weighted by atomic mass is 10.2. The van der Waals surface area contributed by atoms with Crippen molar-refractivity contribution in [3.05, 3.63) is 60.1 Å². The number of aliphatic hydroxyl groups excluding tert-OH is 1. The van der Waals surface area contributed by atoms with Crippen LogP contribution in [-0.4, -0.2) is 33.1 Å². The van der Waals surface area contributed by atoms with Gasteiger partial charge < -0.3 is 20.2 Å². The van der Waals surface area contributed by atoms with E-state index in [2.05, 4.69) is 20.6 Å². The Morgan fingerprint density at radius 1 is 1.13 bits per heavy atom. The molecule has 162 valence electrons. The molecule has 10 heteroatoms. The minimum absolute atomic E-state index is 0.101. The van der Waals surface area contributed by atoms with Crippen LogP contribution in [0.2, 0.25) is 0 Å². The summed E-state index contributed by atoms with van der Waals surface area (Å²) in [6.45, 7) is 0. The number of aliphatic hydroxyl groups is 1. The Bertz CT molecular complexity index is 1050. The Balaban J connectivity index is 1.51. The second kappa shape index (κ2) is 8.38. The smallest absolute Gasteiger partial charge is 0.431 e. The zero-order valence-corrected chi connectivity index (χ0v) is 16.2. The second-order valence-electron chi connectivity index (χ2n) is 7.25. The van der Waals surface area contributed by atoms with Gasteiger partial charge in [-0.3, -0.25) is 4.79 Å². The van der Waals surface area contributed by atoms with Gasteiger partial charge in [0.1, 0.15) is 5.82 Å². The van der Waals surface area contributed by atoms with E-state index in [0.717, 1.165) is 12.8 Å². The van der Waals surface area contributed by atoms with E-state index >= 15 is 0 Å². The molecule has 4 rings (SSSR count). The highest BCUT2D eigenvalue weighted by Gasteiger charge is 2.42. The quantitative estimate of drug-likeness (QED) is 0.555. The molecule has 7 nitrogen and oxygen atoms in total. The average Bonchev–Trinajstić information content (AvgIpc) is 3.37. The molecule has 31 heavy (non-hydrogen) atoms. The summed E-state index contributed by atoms with van der Waals surface area (Å²) in [5.74, 6) is -2.27. The van der Waals surface area contributed by atoms with Gasteiger partial charge in [-0.05, 0) is 43.5 Å². The Hall–Kier alpha value is -3.40. The standard InChI is InChI=1S/C21H19F3N4O3/c22-21(23,24)18-17(28-20(31-18)12-4-2-1-3-5-12)19(30)27-14-7-9-16(25-11-14)26-13-6-8-15(29)10-13/h1-5,7,9,11,13,15,29H,6,8,10H2,(H,25,26)(H,27,30)/t13?,15-/m1/s1. The number of carbonyl (C=O) groups excluding carboxylic acids is 1. The van der Waals surface area contributed by atoms with Crippen LogP contribution in [0.25, 0.3) is 11.5 Å². The van der Waals surface area contributed by atoms with E-state index in [-0.39, 0.29) is 23.7 Å². The minimum Gasteiger partial charge on any atom is -0.431 e. The molecule has 2 atom stereocenters. The first-order valence-electron chi connectivity index (χ1n) is 9.65. The van der Waals surface area contributed by atoms with Crippen molar-refractivity contribution >= 4 is 17.4 Å². The van der Waals surface area contributed by atoms with Crippen molar-refractivity contribution in [2.75, 3.05) is 10.6 Å². The van der Waals surface area contributed by atoms with Gasteiger partial charge >= 0.3 is 6.18 Å². The fourth-order valence-corrected chi connectivity index (χ4v) is 3.41. The predicted octanol–water partition coefficient (Wildman–Crippen LogP) is 4.33. The number of alkyl halides is 3. The van der Waals surface area contributed by atoms with Gasteiger partial charge in [0.05, 0.1) is 18.0 Å². The van der Waals surface area contributed by atoms with Crippen LogP contribution < -0.4 is 10.6 Å². The lowest BCUT2D eigenvalue weighted by molar-refractivity contribution is -0.153. The van der Waals surface area contributed by atoms with E-state index < -0.39 is 23.5 Å². The Morgan fingerprint density at radius 2 is 1.90 bits per heavy atom.